The molecule has 0 N–H and O–H groups in total. The molecule has 106 valence electrons. The first-order valence-electron chi connectivity index (χ1n) is 5.97. The number of benzene rings is 1. The Morgan fingerprint density at radius 2 is 2.05 bits per heavy atom. The van der Waals surface area contributed by atoms with Crippen LogP contribution in [0.5, 0.6) is 5.75 Å². The summed E-state index contributed by atoms with van der Waals surface area (Å²) in [4.78, 5) is 11.2. The van der Waals surface area contributed by atoms with E-state index in [1.165, 1.54) is 0 Å². The van der Waals surface area contributed by atoms with Crippen molar-refractivity contribution in [3.8, 4) is 5.75 Å². The first-order chi connectivity index (χ1) is 8.81. The molecule has 0 amide bonds. The normalized spacial score (nSPS) is 13.0. The van der Waals surface area contributed by atoms with Crippen LogP contribution in [0.25, 0.3) is 0 Å². The summed E-state index contributed by atoms with van der Waals surface area (Å²) in [7, 11) is -3.45. The zero-order chi connectivity index (χ0) is 14.5. The molecule has 1 aromatic carbocycles. The smallest absolute Gasteiger partial charge is 0.310 e. The number of hydrogen-bond donors (Lipinski definition) is 0. The number of hydrogen-bond acceptors (Lipinski definition) is 5. The zero-order valence-corrected chi connectivity index (χ0v) is 12.1. The molecule has 0 aliphatic rings. The quantitative estimate of drug-likeness (QED) is 0.455. The molecule has 0 bridgehead atoms. The largest absolute Gasteiger partial charge is 0.427 e. The predicted molar refractivity (Wildman–Crippen MR) is 71.6 cm³/mol. The van der Waals surface area contributed by atoms with Gasteiger partial charge in [0.05, 0.1) is 12.9 Å². The Bertz CT molecular complexity index is 536. The minimum Gasteiger partial charge on any atom is -0.427 e. The van der Waals surface area contributed by atoms with Crippen LogP contribution < -0.4 is 4.74 Å². The second-order valence-corrected chi connectivity index (χ2v) is 5.93. The minimum atomic E-state index is -3.45. The number of carbonyl (C=O) groups excluding carboxylic acids is 1. The molecule has 0 radical (unpaired) electrons. The lowest BCUT2D eigenvalue weighted by molar-refractivity contribution is -0.134. The molecule has 1 rings (SSSR count). The van der Waals surface area contributed by atoms with Crippen molar-refractivity contribution in [3.05, 3.63) is 29.8 Å². The van der Waals surface area contributed by atoms with Gasteiger partial charge in [-0.25, -0.2) is 0 Å². The van der Waals surface area contributed by atoms with Crippen LogP contribution in [0, 0.1) is 0 Å². The highest BCUT2D eigenvalue weighted by molar-refractivity contribution is 7.85. The van der Waals surface area contributed by atoms with Crippen molar-refractivity contribution < 1.29 is 22.1 Å². The Balaban J connectivity index is 2.72. The van der Waals surface area contributed by atoms with Crippen LogP contribution in [-0.2, 0) is 19.1 Å². The maximum absolute atomic E-state index is 11.2. The number of carbonyl (C=O) groups is 1. The van der Waals surface area contributed by atoms with Gasteiger partial charge in [0.25, 0.3) is 10.1 Å². The van der Waals surface area contributed by atoms with E-state index in [0.29, 0.717) is 12.2 Å². The summed E-state index contributed by atoms with van der Waals surface area (Å²) in [5, 5.41) is 0. The van der Waals surface area contributed by atoms with Crippen molar-refractivity contribution in [1.82, 2.24) is 0 Å². The van der Waals surface area contributed by atoms with Crippen LogP contribution in [0.1, 0.15) is 31.7 Å². The molecule has 0 spiro atoms. The van der Waals surface area contributed by atoms with E-state index < -0.39 is 10.1 Å². The van der Waals surface area contributed by atoms with Gasteiger partial charge >= 0.3 is 5.97 Å². The van der Waals surface area contributed by atoms with Gasteiger partial charge in [0.2, 0.25) is 0 Å². The average Bonchev–Trinajstić information content (AvgIpc) is 2.35. The molecule has 0 saturated carbocycles. The van der Waals surface area contributed by atoms with Crippen molar-refractivity contribution in [2.75, 3.05) is 12.9 Å². The van der Waals surface area contributed by atoms with E-state index in [4.69, 9.17) is 8.92 Å². The standard InChI is InChI=1S/C13H18O5S/c1-4-13(14)18-12-7-5-6-11(8-12)10(2)9-17-19(3,15)16/h5-8,10H,4,9H2,1-3H3. The van der Waals surface area contributed by atoms with Crippen molar-refractivity contribution in [2.45, 2.75) is 26.2 Å². The third-order valence-corrected chi connectivity index (χ3v) is 3.04. The fraction of sp³-hybridized carbons (Fsp3) is 0.462. The van der Waals surface area contributed by atoms with E-state index in [1.54, 1.807) is 25.1 Å². The van der Waals surface area contributed by atoms with Crippen molar-refractivity contribution in [3.63, 3.8) is 0 Å². The molecular weight excluding hydrogens is 268 g/mol. The maximum Gasteiger partial charge on any atom is 0.310 e. The summed E-state index contributed by atoms with van der Waals surface area (Å²) in [5.74, 6) is 0.0303. The van der Waals surface area contributed by atoms with Gasteiger partial charge in [0.1, 0.15) is 5.75 Å². The van der Waals surface area contributed by atoms with Crippen LogP contribution in [0.4, 0.5) is 0 Å². The van der Waals surface area contributed by atoms with Gasteiger partial charge in [-0.2, -0.15) is 8.42 Å². The van der Waals surface area contributed by atoms with Crippen molar-refractivity contribution in [2.24, 2.45) is 0 Å². The Morgan fingerprint density at radius 3 is 2.63 bits per heavy atom. The fourth-order valence-corrected chi connectivity index (χ4v) is 1.86. The lowest BCUT2D eigenvalue weighted by Gasteiger charge is -2.12. The Labute approximate surface area is 113 Å². The van der Waals surface area contributed by atoms with Crippen LogP contribution in [0.2, 0.25) is 0 Å². The summed E-state index contributed by atoms with van der Waals surface area (Å²) < 4.78 is 31.7. The molecule has 0 heterocycles. The van der Waals surface area contributed by atoms with Crippen molar-refractivity contribution >= 4 is 16.1 Å². The summed E-state index contributed by atoms with van der Waals surface area (Å²) in [5.41, 5.74) is 0.852. The highest BCUT2D eigenvalue weighted by Gasteiger charge is 2.11. The van der Waals surface area contributed by atoms with Crippen molar-refractivity contribution in [1.29, 1.82) is 0 Å². The van der Waals surface area contributed by atoms with E-state index in [9.17, 15) is 13.2 Å². The van der Waals surface area contributed by atoms with E-state index in [0.717, 1.165) is 11.8 Å². The summed E-state index contributed by atoms with van der Waals surface area (Å²) in [6.07, 6.45) is 1.32. The molecule has 19 heavy (non-hydrogen) atoms. The van der Waals surface area contributed by atoms with Gasteiger partial charge < -0.3 is 4.74 Å². The average molecular weight is 286 g/mol. The van der Waals surface area contributed by atoms with Crippen LogP contribution >= 0.6 is 0 Å². The summed E-state index contributed by atoms with van der Waals surface area (Å²) >= 11 is 0. The monoisotopic (exact) mass is 286 g/mol. The molecule has 0 aliphatic heterocycles. The van der Waals surface area contributed by atoms with Crippen LogP contribution in [0.3, 0.4) is 0 Å². The Morgan fingerprint density at radius 1 is 1.37 bits per heavy atom. The second-order valence-electron chi connectivity index (χ2n) is 4.29. The SMILES string of the molecule is CCC(=O)Oc1cccc(C(C)COS(C)(=O)=O)c1. The third-order valence-electron chi connectivity index (χ3n) is 2.48. The van der Waals surface area contributed by atoms with E-state index in [-0.39, 0.29) is 18.5 Å². The number of esters is 1. The molecule has 5 nitrogen and oxygen atoms in total. The highest BCUT2D eigenvalue weighted by Crippen LogP contribution is 2.21. The van der Waals surface area contributed by atoms with Crippen LogP contribution in [-0.4, -0.2) is 27.2 Å². The number of rotatable bonds is 6. The lowest BCUT2D eigenvalue weighted by atomic mass is 10.0. The third kappa shape index (κ3) is 5.85. The molecule has 1 atom stereocenters. The topological polar surface area (TPSA) is 69.7 Å². The molecule has 1 unspecified atom stereocenters. The Hall–Kier alpha value is -1.40. The van der Waals surface area contributed by atoms with Crippen LogP contribution in [0.15, 0.2) is 24.3 Å². The van der Waals surface area contributed by atoms with Gasteiger partial charge in [-0.05, 0) is 17.7 Å². The van der Waals surface area contributed by atoms with Gasteiger partial charge in [0.15, 0.2) is 0 Å². The molecule has 0 aliphatic carbocycles. The van der Waals surface area contributed by atoms with E-state index in [1.807, 2.05) is 13.0 Å². The summed E-state index contributed by atoms with van der Waals surface area (Å²) in [6.45, 7) is 3.62. The lowest BCUT2D eigenvalue weighted by Crippen LogP contribution is -2.10. The predicted octanol–water partition coefficient (Wildman–Crippen LogP) is 2.08. The molecule has 0 saturated heterocycles. The van der Waals surface area contributed by atoms with E-state index in [2.05, 4.69) is 0 Å². The van der Waals surface area contributed by atoms with Gasteiger partial charge in [0, 0.05) is 12.3 Å². The molecule has 6 heteroatoms. The zero-order valence-electron chi connectivity index (χ0n) is 11.3. The molecule has 0 fully saturated rings. The van der Waals surface area contributed by atoms with E-state index >= 15 is 0 Å². The molecule has 0 aromatic heterocycles. The highest BCUT2D eigenvalue weighted by atomic mass is 32.2. The van der Waals surface area contributed by atoms with Gasteiger partial charge in [-0.3, -0.25) is 8.98 Å². The minimum absolute atomic E-state index is 0.0595. The van der Waals surface area contributed by atoms with Gasteiger partial charge in [-0.15, -0.1) is 0 Å². The first-order valence-corrected chi connectivity index (χ1v) is 7.78. The molecule has 1 aromatic rings. The Kier molecular flexibility index (Phi) is 5.50. The molecular formula is C13H18O5S. The summed E-state index contributed by atoms with van der Waals surface area (Å²) in [6, 6.07) is 6.98. The fourth-order valence-electron chi connectivity index (χ4n) is 1.41. The van der Waals surface area contributed by atoms with Gasteiger partial charge in [-0.1, -0.05) is 26.0 Å². The first kappa shape index (κ1) is 15.7. The maximum atomic E-state index is 11.2. The number of ether oxygens (including phenoxy) is 1. The second kappa shape index (κ2) is 6.68.